The first-order valence-electron chi connectivity index (χ1n) is 5.97. The van der Waals surface area contributed by atoms with Crippen LogP contribution >= 0.6 is 11.3 Å². The Balaban J connectivity index is 2.19. The van der Waals surface area contributed by atoms with Crippen molar-refractivity contribution in [1.82, 2.24) is 15.2 Å². The number of aromatic nitrogens is 3. The molecule has 0 spiro atoms. The molecule has 0 bridgehead atoms. The van der Waals surface area contributed by atoms with E-state index in [0.717, 1.165) is 10.8 Å². The Hall–Kier alpha value is -2.22. The van der Waals surface area contributed by atoms with E-state index < -0.39 is 11.2 Å². The Morgan fingerprint density at radius 1 is 1.10 bits per heavy atom. The number of hydrogen-bond donors (Lipinski definition) is 1. The summed E-state index contributed by atoms with van der Waals surface area (Å²) in [5.74, 6) is 0.579. The lowest BCUT2D eigenvalue weighted by molar-refractivity contribution is -0.137. The summed E-state index contributed by atoms with van der Waals surface area (Å²) in [6, 6.07) is 7.28. The lowest BCUT2D eigenvalue weighted by Gasteiger charge is -2.07. The first-order valence-corrected chi connectivity index (χ1v) is 6.79. The van der Waals surface area contributed by atoms with Crippen LogP contribution in [0.3, 0.4) is 0 Å². The zero-order valence-corrected chi connectivity index (χ0v) is 11.6. The van der Waals surface area contributed by atoms with E-state index in [9.17, 15) is 13.2 Å². The van der Waals surface area contributed by atoms with Crippen LogP contribution in [0.5, 0.6) is 0 Å². The zero-order chi connectivity index (χ0) is 15.0. The molecule has 2 heterocycles. The number of anilines is 1. The quantitative estimate of drug-likeness (QED) is 0.782. The molecule has 0 amide bonds. The molecular weight excluding hydrogens is 301 g/mol. The molecule has 3 aromatic rings. The van der Waals surface area contributed by atoms with Crippen LogP contribution in [0.15, 0.2) is 30.5 Å². The van der Waals surface area contributed by atoms with Gasteiger partial charge in [-0.25, -0.2) is 4.98 Å². The number of rotatable bonds is 2. The number of thiazole rings is 1. The summed E-state index contributed by atoms with van der Waals surface area (Å²) >= 11 is 0.562. The van der Waals surface area contributed by atoms with E-state index in [2.05, 4.69) is 20.5 Å². The fraction of sp³-hybridized carbons (Fsp3) is 0.154. The van der Waals surface area contributed by atoms with Gasteiger partial charge in [-0.2, -0.15) is 13.2 Å². The highest BCUT2D eigenvalue weighted by Gasteiger charge is 2.35. The van der Waals surface area contributed by atoms with Crippen molar-refractivity contribution >= 4 is 27.9 Å². The third kappa shape index (κ3) is 2.42. The van der Waals surface area contributed by atoms with Gasteiger partial charge in [0.15, 0.2) is 10.8 Å². The molecule has 3 rings (SSSR count). The van der Waals surface area contributed by atoms with Crippen LogP contribution in [0, 0.1) is 0 Å². The van der Waals surface area contributed by atoms with Crippen LogP contribution < -0.4 is 5.32 Å². The second kappa shape index (κ2) is 4.96. The minimum absolute atomic E-state index is 0.341. The van der Waals surface area contributed by atoms with E-state index in [1.165, 1.54) is 6.20 Å². The zero-order valence-electron chi connectivity index (χ0n) is 10.8. The van der Waals surface area contributed by atoms with Gasteiger partial charge in [-0.3, -0.25) is 0 Å². The van der Waals surface area contributed by atoms with E-state index in [-0.39, 0.29) is 0 Å². The van der Waals surface area contributed by atoms with Crippen LogP contribution in [0.25, 0.3) is 21.3 Å². The maximum atomic E-state index is 12.7. The lowest BCUT2D eigenvalue weighted by atomic mass is 10.1. The van der Waals surface area contributed by atoms with Gasteiger partial charge in [0.05, 0.1) is 4.88 Å². The van der Waals surface area contributed by atoms with Crippen molar-refractivity contribution in [2.24, 2.45) is 0 Å². The summed E-state index contributed by atoms with van der Waals surface area (Å²) in [5.41, 5.74) is 0.401. The maximum absolute atomic E-state index is 12.7. The number of nitrogens with zero attached hydrogens (tertiary/aromatic N) is 3. The van der Waals surface area contributed by atoms with Gasteiger partial charge < -0.3 is 5.32 Å². The van der Waals surface area contributed by atoms with E-state index >= 15 is 0 Å². The summed E-state index contributed by atoms with van der Waals surface area (Å²) in [7, 11) is 1.71. The largest absolute Gasteiger partial charge is 0.443 e. The van der Waals surface area contributed by atoms with Crippen molar-refractivity contribution in [2.45, 2.75) is 6.18 Å². The number of halogens is 3. The molecule has 2 aromatic heterocycles. The van der Waals surface area contributed by atoms with E-state index in [1.54, 1.807) is 19.2 Å². The molecule has 1 aromatic carbocycles. The predicted octanol–water partition coefficient (Wildman–Crippen LogP) is 3.81. The number of benzene rings is 1. The SMILES string of the molecule is CNc1nnc(-c2cnc(C(F)(F)F)s2)c2ccccc12. The molecule has 0 aliphatic heterocycles. The number of hydrogen-bond acceptors (Lipinski definition) is 5. The Kier molecular flexibility index (Phi) is 3.25. The highest BCUT2D eigenvalue weighted by Crippen LogP contribution is 2.38. The molecule has 8 heteroatoms. The standard InChI is InChI=1S/C13H9F3N4S/c1-17-11-8-5-3-2-4-7(8)10(19-20-11)9-6-18-12(21-9)13(14,15)16/h2-6H,1H3,(H,17,20). The minimum Gasteiger partial charge on any atom is -0.371 e. The Labute approximate surface area is 121 Å². The van der Waals surface area contributed by atoms with Gasteiger partial charge in [0, 0.05) is 24.0 Å². The van der Waals surface area contributed by atoms with Gasteiger partial charge in [-0.15, -0.1) is 21.5 Å². The molecule has 0 aliphatic rings. The summed E-state index contributed by atoms with van der Waals surface area (Å²) in [6.45, 7) is 0. The van der Waals surface area contributed by atoms with Gasteiger partial charge in [0.2, 0.25) is 0 Å². The van der Waals surface area contributed by atoms with Crippen molar-refractivity contribution < 1.29 is 13.2 Å². The molecule has 0 atom stereocenters. The van der Waals surface area contributed by atoms with Gasteiger partial charge in [-0.1, -0.05) is 24.3 Å². The van der Waals surface area contributed by atoms with Crippen molar-refractivity contribution in [3.63, 3.8) is 0 Å². The molecule has 0 saturated heterocycles. The van der Waals surface area contributed by atoms with Gasteiger partial charge in [0.25, 0.3) is 0 Å². The van der Waals surface area contributed by atoms with E-state index in [4.69, 9.17) is 0 Å². The monoisotopic (exact) mass is 310 g/mol. The molecule has 4 nitrogen and oxygen atoms in total. The number of alkyl halides is 3. The van der Waals surface area contributed by atoms with Crippen LogP contribution in [0.2, 0.25) is 0 Å². The molecule has 0 aliphatic carbocycles. The Morgan fingerprint density at radius 2 is 1.81 bits per heavy atom. The number of fused-ring (bicyclic) bond motifs is 1. The second-order valence-corrected chi connectivity index (χ2v) is 5.25. The van der Waals surface area contributed by atoms with Crippen LogP contribution in [-0.2, 0) is 6.18 Å². The third-order valence-electron chi connectivity index (χ3n) is 2.91. The summed E-state index contributed by atoms with van der Waals surface area (Å²) in [5, 5.41) is 11.6. The first kappa shape index (κ1) is 13.7. The molecular formula is C13H9F3N4S. The molecule has 0 unspecified atom stereocenters. The molecule has 21 heavy (non-hydrogen) atoms. The highest BCUT2D eigenvalue weighted by atomic mass is 32.1. The van der Waals surface area contributed by atoms with E-state index in [0.29, 0.717) is 27.7 Å². The first-order chi connectivity index (χ1) is 10.0. The van der Waals surface area contributed by atoms with E-state index in [1.807, 2.05) is 12.1 Å². The van der Waals surface area contributed by atoms with Gasteiger partial charge in [0.1, 0.15) is 5.69 Å². The average Bonchev–Trinajstić information content (AvgIpc) is 2.96. The van der Waals surface area contributed by atoms with Crippen molar-refractivity contribution in [3.05, 3.63) is 35.5 Å². The predicted molar refractivity (Wildman–Crippen MR) is 75.2 cm³/mol. The molecule has 1 N–H and O–H groups in total. The third-order valence-corrected chi connectivity index (χ3v) is 3.95. The van der Waals surface area contributed by atoms with Gasteiger partial charge in [-0.05, 0) is 0 Å². The molecule has 0 radical (unpaired) electrons. The molecule has 108 valence electrons. The smallest absolute Gasteiger partial charge is 0.371 e. The fourth-order valence-electron chi connectivity index (χ4n) is 1.99. The maximum Gasteiger partial charge on any atom is 0.443 e. The van der Waals surface area contributed by atoms with Crippen molar-refractivity contribution in [3.8, 4) is 10.6 Å². The summed E-state index contributed by atoms with van der Waals surface area (Å²) in [6.07, 6.45) is -3.26. The minimum atomic E-state index is -4.45. The lowest BCUT2D eigenvalue weighted by Crippen LogP contribution is -2.02. The van der Waals surface area contributed by atoms with Crippen LogP contribution in [-0.4, -0.2) is 22.2 Å². The Morgan fingerprint density at radius 3 is 2.43 bits per heavy atom. The fourth-order valence-corrected chi connectivity index (χ4v) is 2.77. The van der Waals surface area contributed by atoms with Crippen molar-refractivity contribution in [1.29, 1.82) is 0 Å². The molecule has 0 fully saturated rings. The van der Waals surface area contributed by atoms with Gasteiger partial charge >= 0.3 is 6.18 Å². The highest BCUT2D eigenvalue weighted by molar-refractivity contribution is 7.15. The van der Waals surface area contributed by atoms with Crippen LogP contribution in [0.4, 0.5) is 19.0 Å². The number of nitrogens with one attached hydrogen (secondary N) is 1. The second-order valence-electron chi connectivity index (χ2n) is 4.22. The summed E-state index contributed by atoms with van der Waals surface area (Å²) < 4.78 is 38.0. The Bertz CT molecular complexity index is 797. The van der Waals surface area contributed by atoms with Crippen LogP contribution in [0.1, 0.15) is 5.01 Å². The molecule has 0 saturated carbocycles. The summed E-state index contributed by atoms with van der Waals surface area (Å²) in [4.78, 5) is 3.76. The normalized spacial score (nSPS) is 11.8. The van der Waals surface area contributed by atoms with Crippen molar-refractivity contribution in [2.75, 3.05) is 12.4 Å². The topological polar surface area (TPSA) is 50.7 Å². The average molecular weight is 310 g/mol.